The van der Waals surface area contributed by atoms with Gasteiger partial charge in [0.1, 0.15) is 0 Å². The topological polar surface area (TPSA) is 82.2 Å². The number of carbonyl (C=O) groups excluding carboxylic acids is 1. The molecule has 188 valence electrons. The minimum atomic E-state index is -0.236. The Hall–Kier alpha value is -2.25. The number of halogens is 1. The lowest BCUT2D eigenvalue weighted by atomic mass is 9.81. The summed E-state index contributed by atoms with van der Waals surface area (Å²) in [4.78, 5) is 27.9. The fraction of sp³-hybridized carbons (Fsp3) is 0.615. The molecule has 3 rings (SSSR count). The van der Waals surface area contributed by atoms with Gasteiger partial charge in [-0.2, -0.15) is 0 Å². The van der Waals surface area contributed by atoms with E-state index in [9.17, 15) is 9.59 Å². The number of amides is 1. The van der Waals surface area contributed by atoms with E-state index >= 15 is 0 Å². The zero-order valence-electron chi connectivity index (χ0n) is 21.6. The van der Waals surface area contributed by atoms with Crippen molar-refractivity contribution in [1.29, 1.82) is 0 Å². The Bertz CT molecular complexity index is 1060. The van der Waals surface area contributed by atoms with Crippen molar-refractivity contribution in [3.63, 3.8) is 0 Å². The maximum Gasteiger partial charge on any atom is 0.271 e. The molecule has 1 aliphatic carbocycles. The molecule has 1 amide bonds. The number of aromatic amines is 1. The highest BCUT2D eigenvalue weighted by Crippen LogP contribution is 2.32. The highest BCUT2D eigenvalue weighted by molar-refractivity contribution is 6.31. The molecule has 1 unspecified atom stereocenters. The van der Waals surface area contributed by atoms with Gasteiger partial charge in [-0.3, -0.25) is 19.4 Å². The molecule has 0 spiro atoms. The number of benzene rings is 1. The molecular formula is C26H40ClN5O2. The number of nitrogens with one attached hydrogen (secondary N) is 3. The van der Waals surface area contributed by atoms with Crippen LogP contribution in [0.1, 0.15) is 79.6 Å². The third kappa shape index (κ3) is 5.87. The van der Waals surface area contributed by atoms with Crippen LogP contribution < -0.4 is 16.2 Å². The van der Waals surface area contributed by atoms with E-state index in [1.807, 2.05) is 26.8 Å². The zero-order valence-corrected chi connectivity index (χ0v) is 22.3. The van der Waals surface area contributed by atoms with Crippen LogP contribution in [0, 0.1) is 12.8 Å². The third-order valence-corrected chi connectivity index (χ3v) is 7.58. The van der Waals surface area contributed by atoms with Gasteiger partial charge in [-0.1, -0.05) is 25.4 Å². The van der Waals surface area contributed by atoms with Crippen molar-refractivity contribution in [2.24, 2.45) is 13.0 Å². The van der Waals surface area contributed by atoms with Gasteiger partial charge in [-0.15, -0.1) is 0 Å². The van der Waals surface area contributed by atoms with E-state index in [0.717, 1.165) is 16.9 Å². The van der Waals surface area contributed by atoms with Crippen LogP contribution in [-0.2, 0) is 13.6 Å². The van der Waals surface area contributed by atoms with E-state index in [-0.39, 0.29) is 30.0 Å². The highest BCUT2D eigenvalue weighted by atomic mass is 35.5. The van der Waals surface area contributed by atoms with Crippen LogP contribution >= 0.6 is 11.6 Å². The number of H-pyrrole nitrogens is 1. The van der Waals surface area contributed by atoms with E-state index in [0.29, 0.717) is 28.1 Å². The molecular weight excluding hydrogens is 450 g/mol. The molecule has 34 heavy (non-hydrogen) atoms. The summed E-state index contributed by atoms with van der Waals surface area (Å²) in [6.07, 6.45) is 4.80. The van der Waals surface area contributed by atoms with Crippen molar-refractivity contribution in [1.82, 2.24) is 20.0 Å². The zero-order chi connectivity index (χ0) is 25.2. The van der Waals surface area contributed by atoms with Gasteiger partial charge in [0, 0.05) is 41.1 Å². The van der Waals surface area contributed by atoms with E-state index in [1.54, 1.807) is 13.1 Å². The predicted octanol–water partition coefficient (Wildman–Crippen LogP) is 4.65. The van der Waals surface area contributed by atoms with Crippen LogP contribution in [0.25, 0.3) is 0 Å². The lowest BCUT2D eigenvalue weighted by molar-refractivity contribution is 0.0950. The molecule has 3 N–H and O–H groups in total. The van der Waals surface area contributed by atoms with Gasteiger partial charge in [0.25, 0.3) is 11.5 Å². The molecule has 8 heteroatoms. The van der Waals surface area contributed by atoms with Crippen molar-refractivity contribution < 1.29 is 4.79 Å². The van der Waals surface area contributed by atoms with Crippen LogP contribution in [0.15, 0.2) is 16.9 Å². The number of rotatable bonds is 8. The second-order valence-corrected chi connectivity index (χ2v) is 10.7. The van der Waals surface area contributed by atoms with Crippen LogP contribution in [0.5, 0.6) is 0 Å². The van der Waals surface area contributed by atoms with Gasteiger partial charge >= 0.3 is 0 Å². The molecule has 1 atom stereocenters. The summed E-state index contributed by atoms with van der Waals surface area (Å²) in [5, 5.41) is 10.2. The highest BCUT2D eigenvalue weighted by Gasteiger charge is 2.27. The maximum absolute atomic E-state index is 13.1. The lowest BCUT2D eigenvalue weighted by Gasteiger charge is -2.36. The quantitative estimate of drug-likeness (QED) is 0.504. The second kappa shape index (κ2) is 11.0. The fourth-order valence-corrected chi connectivity index (χ4v) is 5.29. The molecule has 0 saturated heterocycles. The number of aromatic nitrogens is 2. The Morgan fingerprint density at radius 1 is 1.21 bits per heavy atom. The number of aryl methyl sites for hydroxylation is 1. The average Bonchev–Trinajstić information content (AvgIpc) is 3.08. The second-order valence-electron chi connectivity index (χ2n) is 10.3. The van der Waals surface area contributed by atoms with Crippen molar-refractivity contribution in [3.8, 4) is 0 Å². The first-order chi connectivity index (χ1) is 16.0. The van der Waals surface area contributed by atoms with Gasteiger partial charge in [0.05, 0.1) is 12.1 Å². The molecule has 1 saturated carbocycles. The van der Waals surface area contributed by atoms with Gasteiger partial charge < -0.3 is 15.5 Å². The van der Waals surface area contributed by atoms with Gasteiger partial charge in [-0.05, 0) is 83.2 Å². The van der Waals surface area contributed by atoms with E-state index in [4.69, 9.17) is 11.6 Å². The SMILES string of the molecule is Cc1c(NC(C)[C@H]2CC[C@H](N(C)C)CC2)cc(Cl)cc1C(=O)NCc1c(C(C)C)[nH]n(C)c1=O. The minimum Gasteiger partial charge on any atom is -0.382 e. The van der Waals surface area contributed by atoms with E-state index in [2.05, 4.69) is 41.7 Å². The van der Waals surface area contributed by atoms with Crippen molar-refractivity contribution >= 4 is 23.2 Å². The Balaban J connectivity index is 1.72. The Kier molecular flexibility index (Phi) is 8.52. The smallest absolute Gasteiger partial charge is 0.271 e. The largest absolute Gasteiger partial charge is 0.382 e. The van der Waals surface area contributed by atoms with Crippen molar-refractivity contribution in [2.45, 2.75) is 77.9 Å². The van der Waals surface area contributed by atoms with Crippen LogP contribution in [-0.4, -0.2) is 46.8 Å². The summed E-state index contributed by atoms with van der Waals surface area (Å²) < 4.78 is 1.46. The normalized spacial score (nSPS) is 19.5. The monoisotopic (exact) mass is 489 g/mol. The third-order valence-electron chi connectivity index (χ3n) is 7.36. The molecule has 2 aromatic rings. The molecule has 7 nitrogen and oxygen atoms in total. The first-order valence-electron chi connectivity index (χ1n) is 12.3. The molecule has 1 heterocycles. The van der Waals surface area contributed by atoms with E-state index < -0.39 is 0 Å². The number of carbonyl (C=O) groups is 1. The number of hydrogen-bond donors (Lipinski definition) is 3. The van der Waals surface area contributed by atoms with Gasteiger partial charge in [0.2, 0.25) is 0 Å². The summed E-state index contributed by atoms with van der Waals surface area (Å²) in [6.45, 7) is 8.37. The predicted molar refractivity (Wildman–Crippen MR) is 140 cm³/mol. The number of anilines is 1. The first kappa shape index (κ1) is 26.4. The minimum absolute atomic E-state index is 0.119. The van der Waals surface area contributed by atoms with Gasteiger partial charge in [0.15, 0.2) is 0 Å². The summed E-state index contributed by atoms with van der Waals surface area (Å²) in [5.41, 5.74) is 3.59. The summed E-state index contributed by atoms with van der Waals surface area (Å²) in [6, 6.07) is 4.55. The Labute approximate surface area is 208 Å². The molecule has 1 fully saturated rings. The Morgan fingerprint density at radius 3 is 2.44 bits per heavy atom. The Morgan fingerprint density at radius 2 is 1.85 bits per heavy atom. The standard InChI is InChI=1S/C26H40ClN5O2/c1-15(2)24-22(26(34)32(7)30-24)14-28-25(33)21-12-19(27)13-23(16(21)3)29-17(4)18-8-10-20(11-9-18)31(5)6/h12-13,15,17-18,20,29-30H,8-11,14H2,1-7H3,(H,28,33)/t17?,18-,20-. The van der Waals surface area contributed by atoms with Gasteiger partial charge in [-0.25, -0.2) is 0 Å². The summed E-state index contributed by atoms with van der Waals surface area (Å²) in [5.74, 6) is 0.505. The van der Waals surface area contributed by atoms with E-state index in [1.165, 1.54) is 30.4 Å². The number of hydrogen-bond acceptors (Lipinski definition) is 4. The summed E-state index contributed by atoms with van der Waals surface area (Å²) >= 11 is 6.42. The first-order valence-corrected chi connectivity index (χ1v) is 12.7. The lowest BCUT2D eigenvalue weighted by Crippen LogP contribution is -2.36. The molecule has 0 bridgehead atoms. The fourth-order valence-electron chi connectivity index (χ4n) is 5.07. The van der Waals surface area contributed by atoms with Crippen LogP contribution in [0.4, 0.5) is 5.69 Å². The summed E-state index contributed by atoms with van der Waals surface area (Å²) in [7, 11) is 6.00. The molecule has 0 aliphatic heterocycles. The average molecular weight is 490 g/mol. The molecule has 1 aromatic carbocycles. The maximum atomic E-state index is 13.1. The van der Waals surface area contributed by atoms with Crippen LogP contribution in [0.3, 0.4) is 0 Å². The van der Waals surface area contributed by atoms with Crippen molar-refractivity contribution in [2.75, 3.05) is 19.4 Å². The molecule has 0 radical (unpaired) electrons. The molecule has 1 aliphatic rings. The number of nitrogens with zero attached hydrogens (tertiary/aromatic N) is 2. The van der Waals surface area contributed by atoms with Crippen LogP contribution in [0.2, 0.25) is 5.02 Å². The van der Waals surface area contributed by atoms with Crippen molar-refractivity contribution in [3.05, 3.63) is 49.9 Å². The molecule has 1 aromatic heterocycles.